The van der Waals surface area contributed by atoms with Crippen LogP contribution >= 0.6 is 0 Å². The predicted molar refractivity (Wildman–Crippen MR) is 116 cm³/mol. The molecule has 0 saturated carbocycles. The van der Waals surface area contributed by atoms with E-state index in [1.807, 2.05) is 0 Å². The van der Waals surface area contributed by atoms with Crippen molar-refractivity contribution < 1.29 is 0 Å². The van der Waals surface area contributed by atoms with Crippen LogP contribution in [0.1, 0.15) is 39.3 Å². The van der Waals surface area contributed by atoms with Crippen LogP contribution in [0.2, 0.25) is 0 Å². The number of hydrogen-bond acceptors (Lipinski definition) is 0. The van der Waals surface area contributed by atoms with Gasteiger partial charge in [-0.25, -0.2) is 0 Å². The summed E-state index contributed by atoms with van der Waals surface area (Å²) in [5, 5.41) is 0. The van der Waals surface area contributed by atoms with Crippen molar-refractivity contribution in [2.75, 3.05) is 0 Å². The zero-order valence-electron chi connectivity index (χ0n) is 15.4. The van der Waals surface area contributed by atoms with Crippen molar-refractivity contribution in [1.29, 1.82) is 0 Å². The summed E-state index contributed by atoms with van der Waals surface area (Å²) >= 11 is 0. The van der Waals surface area contributed by atoms with Gasteiger partial charge < -0.3 is 0 Å². The molecule has 0 fully saturated rings. The van der Waals surface area contributed by atoms with Crippen molar-refractivity contribution >= 4 is 11.6 Å². The van der Waals surface area contributed by atoms with Gasteiger partial charge in [0.2, 0.25) is 0 Å². The van der Waals surface area contributed by atoms with E-state index in [0.717, 1.165) is 6.42 Å². The molecule has 28 heavy (non-hydrogen) atoms. The van der Waals surface area contributed by atoms with Crippen LogP contribution in [0, 0.1) is 0 Å². The molecule has 130 valence electrons. The highest BCUT2D eigenvalue weighted by molar-refractivity contribution is 6.05. The summed E-state index contributed by atoms with van der Waals surface area (Å²) in [5.74, 6) is 0.335. The quantitative estimate of drug-likeness (QED) is 0.283. The minimum atomic E-state index is 0.335. The molecule has 0 heterocycles. The number of fused-ring (bicyclic) bond motifs is 12. The third-order valence-corrected chi connectivity index (χ3v) is 6.75. The Labute approximate surface area is 164 Å². The van der Waals surface area contributed by atoms with Crippen LogP contribution in [0.4, 0.5) is 0 Å². The summed E-state index contributed by atoms with van der Waals surface area (Å²) in [7, 11) is 0. The van der Waals surface area contributed by atoms with Gasteiger partial charge in [0.15, 0.2) is 0 Å². The summed E-state index contributed by atoms with van der Waals surface area (Å²) in [5.41, 5.74) is 15.8. The number of allylic oxidation sites excluding steroid dienone is 1. The summed E-state index contributed by atoms with van der Waals surface area (Å²) in [4.78, 5) is 0. The van der Waals surface area contributed by atoms with Crippen LogP contribution in [0.5, 0.6) is 0 Å². The molecule has 0 nitrogen and oxygen atoms in total. The van der Waals surface area contributed by atoms with Crippen molar-refractivity contribution in [3.63, 3.8) is 0 Å². The lowest BCUT2D eigenvalue weighted by Crippen LogP contribution is -2.11. The number of rotatable bonds is 0. The molecule has 4 aromatic carbocycles. The van der Waals surface area contributed by atoms with Crippen molar-refractivity contribution in [2.24, 2.45) is 0 Å². The molecule has 0 amide bonds. The van der Waals surface area contributed by atoms with E-state index >= 15 is 0 Å². The Bertz CT molecular complexity index is 1340. The second-order valence-corrected chi connectivity index (χ2v) is 8.10. The van der Waals surface area contributed by atoms with Gasteiger partial charge in [0, 0.05) is 5.92 Å². The van der Waals surface area contributed by atoms with Gasteiger partial charge in [0.1, 0.15) is 0 Å². The van der Waals surface area contributed by atoms with E-state index in [9.17, 15) is 0 Å². The zero-order chi connectivity index (χ0) is 18.2. The second kappa shape index (κ2) is 5.11. The fourth-order valence-corrected chi connectivity index (χ4v) is 5.63. The lowest BCUT2D eigenvalue weighted by Gasteiger charge is -2.31. The Balaban J connectivity index is 1.64. The normalized spacial score (nSPS) is 17.0. The largest absolute Gasteiger partial charge is 0.0619 e. The lowest BCUT2D eigenvalue weighted by atomic mass is 9.72. The van der Waals surface area contributed by atoms with E-state index in [0.29, 0.717) is 5.92 Å². The average Bonchev–Trinajstić information content (AvgIpc) is 3.32. The third-order valence-electron chi connectivity index (χ3n) is 6.75. The maximum atomic E-state index is 2.42. The summed E-state index contributed by atoms with van der Waals surface area (Å²) < 4.78 is 0. The van der Waals surface area contributed by atoms with Crippen molar-refractivity contribution in [2.45, 2.75) is 12.3 Å². The molecule has 0 aromatic heterocycles. The molecule has 0 radical (unpaired) electrons. The van der Waals surface area contributed by atoms with E-state index in [4.69, 9.17) is 0 Å². The Hall–Kier alpha value is -3.38. The third kappa shape index (κ3) is 1.71. The Morgan fingerprint density at radius 2 is 1.32 bits per heavy atom. The Morgan fingerprint density at radius 3 is 2.25 bits per heavy atom. The first-order valence-corrected chi connectivity index (χ1v) is 10.0. The average molecular weight is 354 g/mol. The molecule has 0 saturated heterocycles. The van der Waals surface area contributed by atoms with Gasteiger partial charge in [-0.3, -0.25) is 0 Å². The highest BCUT2D eigenvalue weighted by Gasteiger charge is 2.38. The molecule has 3 aliphatic carbocycles. The minimum Gasteiger partial charge on any atom is -0.0619 e. The van der Waals surface area contributed by atoms with Crippen LogP contribution in [0.3, 0.4) is 0 Å². The molecule has 0 aliphatic heterocycles. The maximum absolute atomic E-state index is 2.42. The number of hydrogen-bond donors (Lipinski definition) is 0. The van der Waals surface area contributed by atoms with Gasteiger partial charge in [-0.1, -0.05) is 84.9 Å². The fraction of sp³-hybridized carbons (Fsp3) is 0.0714. The van der Waals surface area contributed by atoms with Gasteiger partial charge in [0.05, 0.1) is 0 Å². The molecule has 0 N–H and O–H groups in total. The zero-order valence-corrected chi connectivity index (χ0v) is 15.4. The van der Waals surface area contributed by atoms with Gasteiger partial charge in [-0.15, -0.1) is 0 Å². The van der Waals surface area contributed by atoms with Crippen molar-refractivity contribution in [3.8, 4) is 22.3 Å². The molecule has 7 rings (SSSR count). The van der Waals surface area contributed by atoms with Crippen LogP contribution in [0.25, 0.3) is 33.9 Å². The SMILES string of the molecule is C1=C2c3ccccc3-c3ccc4c(c3C2c2ccccc21)-c1ccccc1C4. The minimum absolute atomic E-state index is 0.335. The topological polar surface area (TPSA) is 0 Å². The summed E-state index contributed by atoms with van der Waals surface area (Å²) in [6.45, 7) is 0. The molecule has 3 aliphatic rings. The van der Waals surface area contributed by atoms with E-state index in [2.05, 4.69) is 91.0 Å². The molecule has 1 unspecified atom stereocenters. The highest BCUT2D eigenvalue weighted by Crippen LogP contribution is 2.58. The standard InChI is InChI=1S/C28H18/c1-3-9-20-17(7-1)15-19-13-14-24-22-11-5-6-12-23(22)25-16-18-8-2-4-10-21(18)27(25)28(24)26(19)20/h1-14,16,27H,15H2. The highest BCUT2D eigenvalue weighted by atomic mass is 14.4. The molecular weight excluding hydrogens is 336 g/mol. The monoisotopic (exact) mass is 354 g/mol. The second-order valence-electron chi connectivity index (χ2n) is 8.10. The van der Waals surface area contributed by atoms with Crippen LogP contribution in [0.15, 0.2) is 84.9 Å². The van der Waals surface area contributed by atoms with Crippen molar-refractivity contribution in [3.05, 3.63) is 118 Å². The van der Waals surface area contributed by atoms with Gasteiger partial charge in [-0.2, -0.15) is 0 Å². The van der Waals surface area contributed by atoms with Crippen molar-refractivity contribution in [1.82, 2.24) is 0 Å². The maximum Gasteiger partial charge on any atom is 0.0364 e. The van der Waals surface area contributed by atoms with Gasteiger partial charge in [-0.05, 0) is 73.7 Å². The first-order valence-electron chi connectivity index (χ1n) is 10.0. The number of benzene rings is 4. The molecule has 0 heteroatoms. The van der Waals surface area contributed by atoms with E-state index in [1.54, 1.807) is 0 Å². The first-order chi connectivity index (χ1) is 13.9. The smallest absolute Gasteiger partial charge is 0.0364 e. The Morgan fingerprint density at radius 1 is 0.571 bits per heavy atom. The van der Waals surface area contributed by atoms with E-state index in [-0.39, 0.29) is 0 Å². The van der Waals surface area contributed by atoms with E-state index < -0.39 is 0 Å². The lowest BCUT2D eigenvalue weighted by molar-refractivity contribution is 1.05. The van der Waals surface area contributed by atoms with Crippen LogP contribution < -0.4 is 0 Å². The molecular formula is C28H18. The fourth-order valence-electron chi connectivity index (χ4n) is 5.63. The molecule has 1 atom stereocenters. The molecule has 0 spiro atoms. The summed E-state index contributed by atoms with van der Waals surface area (Å²) in [6.07, 6.45) is 3.47. The molecule has 4 aromatic rings. The first kappa shape index (κ1) is 14.6. The van der Waals surface area contributed by atoms with Gasteiger partial charge >= 0.3 is 0 Å². The predicted octanol–water partition coefficient (Wildman–Crippen LogP) is 6.92. The molecule has 0 bridgehead atoms. The van der Waals surface area contributed by atoms with E-state index in [1.165, 1.54) is 61.2 Å². The van der Waals surface area contributed by atoms with Crippen LogP contribution in [-0.2, 0) is 6.42 Å². The van der Waals surface area contributed by atoms with Gasteiger partial charge in [0.25, 0.3) is 0 Å². The van der Waals surface area contributed by atoms with Crippen LogP contribution in [-0.4, -0.2) is 0 Å². The summed E-state index contributed by atoms with van der Waals surface area (Å²) in [6, 6.07) is 31.6. The Kier molecular flexibility index (Phi) is 2.67.